The van der Waals surface area contributed by atoms with Crippen molar-refractivity contribution >= 4 is 26.3 Å². The average molecular weight is 631 g/mol. The van der Waals surface area contributed by atoms with E-state index in [-0.39, 0.29) is 0 Å². The zero-order valence-electron chi connectivity index (χ0n) is 22.9. The summed E-state index contributed by atoms with van der Waals surface area (Å²) in [7, 11) is -11.1. The van der Waals surface area contributed by atoms with E-state index in [0.717, 1.165) is 9.59 Å². The van der Waals surface area contributed by atoms with Crippen molar-refractivity contribution in [2.45, 2.75) is 16.2 Å². The third-order valence-electron chi connectivity index (χ3n) is 7.57. The summed E-state index contributed by atoms with van der Waals surface area (Å²) in [6, 6.07) is 26.8. The van der Waals surface area contributed by atoms with Crippen LogP contribution in [0, 0.1) is 5.92 Å². The molecule has 224 valence electrons. The Morgan fingerprint density at radius 3 is 1.61 bits per heavy atom. The van der Waals surface area contributed by atoms with Gasteiger partial charge in [0, 0.05) is 23.5 Å². The first-order valence-corrected chi connectivity index (χ1v) is 16.2. The Kier molecular flexibility index (Phi) is 7.37. The van der Waals surface area contributed by atoms with Gasteiger partial charge in [-0.15, -0.1) is 9.59 Å². The molecular formula is C30H26N6O6S2. The van der Waals surface area contributed by atoms with Gasteiger partial charge in [0.15, 0.2) is 0 Å². The quantitative estimate of drug-likeness (QED) is 0.187. The Morgan fingerprint density at radius 2 is 1.16 bits per heavy atom. The van der Waals surface area contributed by atoms with Gasteiger partial charge in [0.25, 0.3) is 20.2 Å². The summed E-state index contributed by atoms with van der Waals surface area (Å²) < 4.78 is 71.0. The second kappa shape index (κ2) is 11.1. The second-order valence-electron chi connectivity index (χ2n) is 10.2. The topological polar surface area (TPSA) is 170 Å². The molecule has 1 aliphatic carbocycles. The Balaban J connectivity index is 1.59. The highest BCUT2D eigenvalue weighted by atomic mass is 32.3. The van der Waals surface area contributed by atoms with Gasteiger partial charge in [0.05, 0.1) is 12.4 Å². The van der Waals surface area contributed by atoms with Crippen molar-refractivity contribution in [1.82, 2.24) is 30.0 Å². The smallest absolute Gasteiger partial charge is 0.284 e. The predicted octanol–water partition coefficient (Wildman–Crippen LogP) is 4.17. The molecule has 44 heavy (non-hydrogen) atoms. The summed E-state index contributed by atoms with van der Waals surface area (Å²) in [5, 5.41) is 17.9. The fourth-order valence-corrected chi connectivity index (χ4v) is 8.19. The van der Waals surface area contributed by atoms with E-state index in [1.165, 1.54) is 36.7 Å². The van der Waals surface area contributed by atoms with Crippen molar-refractivity contribution in [3.63, 3.8) is 0 Å². The Labute approximate surface area is 253 Å². The van der Waals surface area contributed by atoms with Gasteiger partial charge < -0.3 is 0 Å². The number of hydrogen-bond acceptors (Lipinski definition) is 8. The molecule has 0 saturated heterocycles. The molecule has 5 aromatic rings. The van der Waals surface area contributed by atoms with Crippen LogP contribution in [0.5, 0.6) is 0 Å². The van der Waals surface area contributed by atoms with Crippen molar-refractivity contribution in [2.75, 3.05) is 0 Å². The Hall–Kier alpha value is -4.76. The summed E-state index contributed by atoms with van der Waals surface area (Å²) in [6.45, 7) is 0. The third kappa shape index (κ3) is 5.07. The van der Waals surface area contributed by atoms with Crippen LogP contribution in [0.2, 0.25) is 0 Å². The van der Waals surface area contributed by atoms with E-state index >= 15 is 0 Å². The fourth-order valence-electron chi connectivity index (χ4n) is 5.33. The van der Waals surface area contributed by atoms with Crippen molar-refractivity contribution in [1.29, 1.82) is 0 Å². The van der Waals surface area contributed by atoms with E-state index in [1.54, 1.807) is 78.9 Å². The Bertz CT molecular complexity index is 1950. The van der Waals surface area contributed by atoms with Crippen LogP contribution < -0.4 is 0 Å². The highest BCUT2D eigenvalue weighted by Gasteiger charge is 2.65. The largest absolute Gasteiger partial charge is 0.288 e. The van der Waals surface area contributed by atoms with Gasteiger partial charge in [-0.3, -0.25) is 9.11 Å². The highest BCUT2D eigenvalue weighted by molar-refractivity contribution is 8.05. The van der Waals surface area contributed by atoms with Crippen LogP contribution in [0.15, 0.2) is 122 Å². The lowest BCUT2D eigenvalue weighted by Gasteiger charge is -2.42. The van der Waals surface area contributed by atoms with Crippen LogP contribution in [0.4, 0.5) is 0 Å². The van der Waals surface area contributed by atoms with Crippen LogP contribution >= 0.6 is 0 Å². The predicted molar refractivity (Wildman–Crippen MR) is 163 cm³/mol. The molecule has 2 heterocycles. The molecule has 0 bridgehead atoms. The molecule has 2 N–H and O–H groups in total. The number of hydrogen-bond donors (Lipinski definition) is 2. The molecular weight excluding hydrogens is 605 g/mol. The molecule has 0 aliphatic heterocycles. The van der Waals surface area contributed by atoms with E-state index in [4.69, 9.17) is 0 Å². The van der Waals surface area contributed by atoms with Crippen molar-refractivity contribution in [3.8, 4) is 22.5 Å². The summed E-state index contributed by atoms with van der Waals surface area (Å²) >= 11 is 0. The minimum Gasteiger partial charge on any atom is -0.284 e. The SMILES string of the molecule is O=S(=O)(O)C1(S(=O)(=O)O)CC(n2ncc(-c3ccccc3)n2)(n2ncc(-c3ccccc3)n2)C=CC1C=Cc1ccccc1. The van der Waals surface area contributed by atoms with Gasteiger partial charge in [0.1, 0.15) is 11.4 Å². The monoisotopic (exact) mass is 630 g/mol. The molecule has 0 spiro atoms. The van der Waals surface area contributed by atoms with Crippen LogP contribution in [0.25, 0.3) is 28.6 Å². The summed E-state index contributed by atoms with van der Waals surface area (Å²) in [5.74, 6) is -1.53. The molecule has 0 saturated carbocycles. The van der Waals surface area contributed by atoms with Gasteiger partial charge in [0.2, 0.25) is 9.74 Å². The first-order valence-electron chi connectivity index (χ1n) is 13.4. The molecule has 2 aromatic heterocycles. The number of benzene rings is 3. The molecule has 3 aromatic carbocycles. The second-order valence-corrected chi connectivity index (χ2v) is 13.9. The highest BCUT2D eigenvalue weighted by Crippen LogP contribution is 2.47. The minimum atomic E-state index is -5.55. The number of allylic oxidation sites excluding steroid dienone is 3. The van der Waals surface area contributed by atoms with E-state index in [1.807, 2.05) is 12.1 Å². The Morgan fingerprint density at radius 1 is 0.705 bits per heavy atom. The lowest BCUT2D eigenvalue weighted by atomic mass is 9.87. The maximum Gasteiger partial charge on any atom is 0.288 e. The lowest BCUT2D eigenvalue weighted by Crippen LogP contribution is -2.60. The summed E-state index contributed by atoms with van der Waals surface area (Å²) in [4.78, 5) is 2.17. The number of rotatable bonds is 8. The van der Waals surface area contributed by atoms with Crippen molar-refractivity contribution in [3.05, 3.63) is 127 Å². The lowest BCUT2D eigenvalue weighted by molar-refractivity contribution is 0.152. The van der Waals surface area contributed by atoms with Gasteiger partial charge >= 0.3 is 0 Å². The zero-order chi connectivity index (χ0) is 31.0. The molecule has 0 amide bonds. The fraction of sp³-hybridized carbons (Fsp3) is 0.133. The van der Waals surface area contributed by atoms with Crippen LogP contribution in [0.3, 0.4) is 0 Å². The molecule has 6 rings (SSSR count). The van der Waals surface area contributed by atoms with Crippen molar-refractivity contribution < 1.29 is 25.9 Å². The zero-order valence-corrected chi connectivity index (χ0v) is 24.6. The van der Waals surface area contributed by atoms with E-state index in [0.29, 0.717) is 28.1 Å². The minimum absolute atomic E-state index is 0.393. The van der Waals surface area contributed by atoms with Gasteiger partial charge in [-0.05, 0) is 11.6 Å². The third-order valence-corrected chi connectivity index (χ3v) is 11.4. The van der Waals surface area contributed by atoms with Crippen molar-refractivity contribution in [2.24, 2.45) is 5.92 Å². The molecule has 0 radical (unpaired) electrons. The first kappa shape index (κ1) is 29.3. The van der Waals surface area contributed by atoms with E-state index in [9.17, 15) is 25.9 Å². The molecule has 1 atom stereocenters. The maximum atomic E-state index is 13.2. The van der Waals surface area contributed by atoms with Crippen LogP contribution in [-0.2, 0) is 25.9 Å². The van der Waals surface area contributed by atoms with E-state index < -0.39 is 42.3 Å². The molecule has 12 nitrogen and oxygen atoms in total. The normalized spacial score (nSPS) is 18.0. The number of aromatic nitrogens is 6. The van der Waals surface area contributed by atoms with Gasteiger partial charge in [-0.25, -0.2) is 0 Å². The van der Waals surface area contributed by atoms with E-state index in [2.05, 4.69) is 20.4 Å². The van der Waals surface area contributed by atoms with Crippen LogP contribution in [0.1, 0.15) is 12.0 Å². The average Bonchev–Trinajstić information content (AvgIpc) is 3.72. The molecule has 1 unspecified atom stereocenters. The van der Waals surface area contributed by atoms with Crippen LogP contribution in [-0.4, -0.2) is 60.0 Å². The maximum absolute atomic E-state index is 13.2. The molecule has 1 aliphatic rings. The summed E-state index contributed by atoms with van der Waals surface area (Å²) in [5.41, 5.74) is 0.842. The van der Waals surface area contributed by atoms with Gasteiger partial charge in [-0.1, -0.05) is 109 Å². The number of nitrogens with zero attached hydrogens (tertiary/aromatic N) is 6. The first-order chi connectivity index (χ1) is 21.0. The standard InChI is InChI=1S/C30H26N6O6S2/c37-43(38,39)30(44(40,41)42)22-29(19-18-26(30)17-16-23-10-4-1-5-11-23,35-31-20-27(33-35)24-12-6-2-7-13-24)36-32-21-28(34-36)25-14-8-3-9-15-25/h1-21,26H,22H2,(H,37,38,39)(H,40,41,42). The summed E-state index contributed by atoms with van der Waals surface area (Å²) in [6.07, 6.45) is 7.42. The molecule has 14 heteroatoms. The molecule has 0 fully saturated rings. The van der Waals surface area contributed by atoms with Gasteiger partial charge in [-0.2, -0.15) is 37.2 Å².